The van der Waals surface area contributed by atoms with Crippen molar-refractivity contribution in [1.29, 1.82) is 0 Å². The van der Waals surface area contributed by atoms with E-state index in [1.54, 1.807) is 11.3 Å². The molecule has 2 aliphatic rings. The summed E-state index contributed by atoms with van der Waals surface area (Å²) in [7, 11) is -1.03. The standard InChI is InChI=1S/C20H22FN5OS2/c1-12-8-15-18(28-12)19(23-16-10-22-9-14(16)21)25-20(24-15)26-6-7-29(27)17-5-3-2-4-13(17)11-26/h2-5,8,14,16,22H,6-7,9-11H2,1H3,(H,23,24,25)/t14-,16-,29?/m1/s1. The summed E-state index contributed by atoms with van der Waals surface area (Å²) in [6, 6.07) is 9.57. The van der Waals surface area contributed by atoms with Crippen molar-refractivity contribution in [3.05, 3.63) is 40.8 Å². The molecule has 0 spiro atoms. The number of hydrogen-bond donors (Lipinski definition) is 2. The summed E-state index contributed by atoms with van der Waals surface area (Å²) in [5.41, 5.74) is 1.90. The van der Waals surface area contributed by atoms with Crippen molar-refractivity contribution in [3.8, 4) is 0 Å². The van der Waals surface area contributed by atoms with Crippen LogP contribution in [-0.4, -0.2) is 51.8 Å². The average Bonchev–Trinajstić information content (AvgIpc) is 3.24. The molecular weight excluding hydrogens is 409 g/mol. The largest absolute Gasteiger partial charge is 0.362 e. The smallest absolute Gasteiger partial charge is 0.228 e. The first-order valence-electron chi connectivity index (χ1n) is 9.69. The first-order valence-corrected chi connectivity index (χ1v) is 11.8. The highest BCUT2D eigenvalue weighted by atomic mass is 32.2. The van der Waals surface area contributed by atoms with Crippen molar-refractivity contribution in [2.24, 2.45) is 0 Å². The third kappa shape index (κ3) is 3.62. The Morgan fingerprint density at radius 3 is 3.00 bits per heavy atom. The van der Waals surface area contributed by atoms with Crippen LogP contribution in [0.4, 0.5) is 16.2 Å². The third-order valence-electron chi connectivity index (χ3n) is 5.35. The minimum Gasteiger partial charge on any atom is -0.362 e. The molecular formula is C20H22FN5OS2. The Morgan fingerprint density at radius 2 is 2.17 bits per heavy atom. The van der Waals surface area contributed by atoms with E-state index in [0.29, 0.717) is 43.7 Å². The quantitative estimate of drug-likeness (QED) is 0.665. The number of aryl methyl sites for hydroxylation is 1. The highest BCUT2D eigenvalue weighted by molar-refractivity contribution is 7.85. The summed E-state index contributed by atoms with van der Waals surface area (Å²) in [6.45, 7) is 4.17. The fourth-order valence-corrected chi connectivity index (χ4v) is 6.02. The fourth-order valence-electron chi connectivity index (χ4n) is 3.86. The zero-order valence-electron chi connectivity index (χ0n) is 16.0. The molecule has 4 heterocycles. The van der Waals surface area contributed by atoms with Gasteiger partial charge in [-0.3, -0.25) is 4.21 Å². The topological polar surface area (TPSA) is 70.2 Å². The van der Waals surface area contributed by atoms with E-state index < -0.39 is 17.0 Å². The van der Waals surface area contributed by atoms with Crippen molar-refractivity contribution in [2.75, 3.05) is 35.6 Å². The first kappa shape index (κ1) is 18.9. The maximum atomic E-state index is 14.2. The maximum absolute atomic E-state index is 14.2. The summed E-state index contributed by atoms with van der Waals surface area (Å²) >= 11 is 1.61. The van der Waals surface area contributed by atoms with Gasteiger partial charge in [0.25, 0.3) is 0 Å². The van der Waals surface area contributed by atoms with Gasteiger partial charge in [0.1, 0.15) is 12.0 Å². The molecule has 2 aliphatic heterocycles. The maximum Gasteiger partial charge on any atom is 0.228 e. The van der Waals surface area contributed by atoms with E-state index in [2.05, 4.69) is 15.5 Å². The summed E-state index contributed by atoms with van der Waals surface area (Å²) in [4.78, 5) is 13.7. The normalized spacial score (nSPS) is 24.5. The third-order valence-corrected chi connectivity index (χ3v) is 7.84. The molecule has 5 rings (SSSR count). The van der Waals surface area contributed by atoms with Gasteiger partial charge in [-0.2, -0.15) is 4.98 Å². The van der Waals surface area contributed by atoms with Crippen molar-refractivity contribution >= 4 is 44.1 Å². The van der Waals surface area contributed by atoms with Gasteiger partial charge >= 0.3 is 0 Å². The lowest BCUT2D eigenvalue weighted by Gasteiger charge is -2.22. The lowest BCUT2D eigenvalue weighted by Crippen LogP contribution is -2.31. The van der Waals surface area contributed by atoms with Gasteiger partial charge in [-0.05, 0) is 24.6 Å². The molecule has 3 atom stereocenters. The number of nitrogens with zero attached hydrogens (tertiary/aromatic N) is 3. The van der Waals surface area contributed by atoms with E-state index in [9.17, 15) is 8.60 Å². The number of benzene rings is 1. The number of nitrogens with one attached hydrogen (secondary N) is 2. The van der Waals surface area contributed by atoms with E-state index in [1.165, 1.54) is 0 Å². The van der Waals surface area contributed by atoms with Gasteiger partial charge in [-0.15, -0.1) is 11.3 Å². The van der Waals surface area contributed by atoms with Gasteiger partial charge in [0.15, 0.2) is 0 Å². The number of rotatable bonds is 3. The Bertz CT molecular complexity index is 1090. The Kier molecular flexibility index (Phi) is 4.97. The highest BCUT2D eigenvalue weighted by Crippen LogP contribution is 2.33. The molecule has 2 aromatic heterocycles. The predicted octanol–water partition coefficient (Wildman–Crippen LogP) is 2.85. The molecule has 1 unspecified atom stereocenters. The second-order valence-corrected chi connectivity index (χ2v) is 10.2. The second kappa shape index (κ2) is 7.62. The molecule has 6 nitrogen and oxygen atoms in total. The van der Waals surface area contributed by atoms with Crippen LogP contribution in [-0.2, 0) is 17.3 Å². The SMILES string of the molecule is Cc1cc2nc(N3CCS(=O)c4ccccc4C3)nc(N[C@@H]3CNC[C@H]3F)c2s1. The minimum absolute atomic E-state index is 0.305. The average molecular weight is 432 g/mol. The Hall–Kier alpha value is -2.10. The number of fused-ring (bicyclic) bond motifs is 2. The van der Waals surface area contributed by atoms with Crippen LogP contribution in [0.1, 0.15) is 10.4 Å². The molecule has 3 aromatic rings. The van der Waals surface area contributed by atoms with Crippen LogP contribution in [0.5, 0.6) is 0 Å². The van der Waals surface area contributed by atoms with E-state index >= 15 is 0 Å². The number of hydrogen-bond acceptors (Lipinski definition) is 7. The summed E-state index contributed by atoms with van der Waals surface area (Å²) in [6.07, 6.45) is -0.947. The van der Waals surface area contributed by atoms with E-state index in [-0.39, 0.29) is 6.04 Å². The molecule has 9 heteroatoms. The van der Waals surface area contributed by atoms with E-state index in [4.69, 9.17) is 9.97 Å². The van der Waals surface area contributed by atoms with Crippen LogP contribution in [0.3, 0.4) is 0 Å². The van der Waals surface area contributed by atoms with Crippen LogP contribution in [0.25, 0.3) is 10.2 Å². The van der Waals surface area contributed by atoms with Gasteiger partial charge < -0.3 is 15.5 Å². The predicted molar refractivity (Wildman–Crippen MR) is 116 cm³/mol. The lowest BCUT2D eigenvalue weighted by atomic mass is 10.2. The minimum atomic E-state index is -1.03. The van der Waals surface area contributed by atoms with Gasteiger partial charge in [0.05, 0.1) is 27.1 Å². The summed E-state index contributed by atoms with van der Waals surface area (Å²) < 4.78 is 27.8. The molecule has 1 saturated heterocycles. The van der Waals surface area contributed by atoms with Crippen LogP contribution in [0, 0.1) is 6.92 Å². The molecule has 152 valence electrons. The molecule has 0 bridgehead atoms. The molecule has 29 heavy (non-hydrogen) atoms. The second-order valence-electron chi connectivity index (χ2n) is 7.45. The highest BCUT2D eigenvalue weighted by Gasteiger charge is 2.28. The van der Waals surface area contributed by atoms with Crippen LogP contribution < -0.4 is 15.5 Å². The Labute approximate surface area is 175 Å². The molecule has 1 fully saturated rings. The number of anilines is 2. The van der Waals surface area contributed by atoms with Crippen LogP contribution >= 0.6 is 11.3 Å². The molecule has 2 N–H and O–H groups in total. The Balaban J connectivity index is 1.54. The van der Waals surface area contributed by atoms with Gasteiger partial charge in [0, 0.05) is 41.7 Å². The molecule has 0 radical (unpaired) electrons. The molecule has 0 amide bonds. The molecule has 0 saturated carbocycles. The zero-order chi connectivity index (χ0) is 20.0. The number of alkyl halides is 1. The molecule has 1 aromatic carbocycles. The van der Waals surface area contributed by atoms with Crippen molar-refractivity contribution in [2.45, 2.75) is 30.6 Å². The van der Waals surface area contributed by atoms with E-state index in [0.717, 1.165) is 25.6 Å². The van der Waals surface area contributed by atoms with Crippen molar-refractivity contribution in [1.82, 2.24) is 15.3 Å². The Morgan fingerprint density at radius 1 is 1.31 bits per heavy atom. The van der Waals surface area contributed by atoms with Crippen LogP contribution in [0.2, 0.25) is 0 Å². The van der Waals surface area contributed by atoms with Crippen molar-refractivity contribution in [3.63, 3.8) is 0 Å². The van der Waals surface area contributed by atoms with E-state index in [1.807, 2.05) is 37.3 Å². The van der Waals surface area contributed by atoms with Crippen molar-refractivity contribution < 1.29 is 8.60 Å². The summed E-state index contributed by atoms with van der Waals surface area (Å²) in [5.74, 6) is 1.80. The zero-order valence-corrected chi connectivity index (χ0v) is 17.7. The summed E-state index contributed by atoms with van der Waals surface area (Å²) in [5, 5.41) is 6.38. The van der Waals surface area contributed by atoms with Crippen LogP contribution in [0.15, 0.2) is 35.2 Å². The fraction of sp³-hybridized carbons (Fsp3) is 0.400. The number of halogens is 1. The van der Waals surface area contributed by atoms with Gasteiger partial charge in [0.2, 0.25) is 5.95 Å². The molecule has 0 aliphatic carbocycles. The first-order chi connectivity index (χ1) is 14.1. The monoisotopic (exact) mass is 431 g/mol. The lowest BCUT2D eigenvalue weighted by molar-refractivity contribution is 0.342. The van der Waals surface area contributed by atoms with Gasteiger partial charge in [-0.25, -0.2) is 9.37 Å². The number of thiophene rings is 1. The number of aromatic nitrogens is 2. The van der Waals surface area contributed by atoms with Gasteiger partial charge in [-0.1, -0.05) is 18.2 Å².